The summed E-state index contributed by atoms with van der Waals surface area (Å²) in [5, 5.41) is 11.6. The lowest BCUT2D eigenvalue weighted by Gasteiger charge is -2.18. The van der Waals surface area contributed by atoms with E-state index >= 15 is 0 Å². The molecule has 0 fully saturated rings. The first-order chi connectivity index (χ1) is 16.3. The van der Waals surface area contributed by atoms with E-state index in [-0.39, 0.29) is 0 Å². The molecule has 4 nitrogen and oxygen atoms in total. The van der Waals surface area contributed by atoms with E-state index in [0.29, 0.717) is 17.4 Å². The van der Waals surface area contributed by atoms with Crippen molar-refractivity contribution in [3.8, 4) is 23.1 Å². The van der Waals surface area contributed by atoms with Crippen molar-refractivity contribution in [3.63, 3.8) is 0 Å². The Hall–Kier alpha value is -3.84. The van der Waals surface area contributed by atoms with E-state index in [9.17, 15) is 5.26 Å². The number of nitriles is 1. The minimum atomic E-state index is 0.385. The normalized spacial score (nSPS) is 11.7. The van der Waals surface area contributed by atoms with Gasteiger partial charge in [-0.1, -0.05) is 64.1 Å². The van der Waals surface area contributed by atoms with Gasteiger partial charge in [-0.05, 0) is 36.5 Å². The highest BCUT2D eigenvalue weighted by Gasteiger charge is 2.29. The van der Waals surface area contributed by atoms with Crippen LogP contribution in [0.1, 0.15) is 61.8 Å². The van der Waals surface area contributed by atoms with Crippen molar-refractivity contribution in [3.05, 3.63) is 83.2 Å². The van der Waals surface area contributed by atoms with Crippen molar-refractivity contribution >= 4 is 21.9 Å². The van der Waals surface area contributed by atoms with E-state index in [2.05, 4.69) is 99.6 Å². The van der Waals surface area contributed by atoms with Gasteiger partial charge in [-0.2, -0.15) is 9.83 Å². The number of furan rings is 1. The molecule has 2 aromatic heterocycles. The summed E-state index contributed by atoms with van der Waals surface area (Å²) in [6, 6.07) is 18.9. The predicted octanol–water partition coefficient (Wildman–Crippen LogP) is 7.30. The number of aromatic nitrogens is 2. The molecule has 0 aliphatic carbocycles. The van der Waals surface area contributed by atoms with Crippen LogP contribution in [0.25, 0.3) is 39.0 Å². The number of nitrogens with zero attached hydrogens (tertiary/aromatic N) is 3. The molecule has 4 heteroatoms. The van der Waals surface area contributed by atoms with Crippen molar-refractivity contribution in [2.24, 2.45) is 7.05 Å². The van der Waals surface area contributed by atoms with Crippen LogP contribution in [0.15, 0.2) is 65.3 Å². The molecule has 0 spiro atoms. The maximum Gasteiger partial charge on any atom is 0.297 e. The molecule has 0 unspecified atom stereocenters. The van der Waals surface area contributed by atoms with Crippen LogP contribution in [0.2, 0.25) is 0 Å². The number of benzene rings is 3. The largest absolute Gasteiger partial charge is 0.455 e. The van der Waals surface area contributed by atoms with Gasteiger partial charge in [-0.25, -0.2) is 4.57 Å². The molecule has 34 heavy (non-hydrogen) atoms. The van der Waals surface area contributed by atoms with E-state index in [0.717, 1.165) is 38.9 Å². The van der Waals surface area contributed by atoms with Crippen molar-refractivity contribution in [2.45, 2.75) is 46.5 Å². The highest BCUT2D eigenvalue weighted by molar-refractivity contribution is 6.11. The van der Waals surface area contributed by atoms with E-state index in [1.54, 1.807) is 0 Å². The van der Waals surface area contributed by atoms with Crippen molar-refractivity contribution in [1.82, 2.24) is 4.57 Å². The zero-order valence-corrected chi connectivity index (χ0v) is 20.7. The molecule has 5 aromatic rings. The standard InChI is InChI=1S/C30H30N3O/c1-18(2)22-10-8-11-23(19(3)4)28(22)33-16-15-32(6)30(33)26-20(5)13-14-24-27-21(17-31)9-7-12-25(27)34-29(24)26/h7-16,18-19H,1-6H3/q+1. The Morgan fingerprint density at radius 1 is 0.941 bits per heavy atom. The Kier molecular flexibility index (Phi) is 5.29. The number of rotatable bonds is 4. The van der Waals surface area contributed by atoms with E-state index in [1.807, 2.05) is 18.2 Å². The Morgan fingerprint density at radius 3 is 2.26 bits per heavy atom. The smallest absolute Gasteiger partial charge is 0.297 e. The summed E-state index contributed by atoms with van der Waals surface area (Å²) < 4.78 is 10.9. The van der Waals surface area contributed by atoms with E-state index in [1.165, 1.54) is 16.8 Å². The second-order valence-corrected chi connectivity index (χ2v) is 9.72. The number of hydrogen-bond donors (Lipinski definition) is 0. The number of imidazole rings is 1. The molecule has 0 N–H and O–H groups in total. The molecule has 0 aliphatic heterocycles. The maximum absolute atomic E-state index is 9.72. The summed E-state index contributed by atoms with van der Waals surface area (Å²) in [6.07, 6.45) is 4.27. The van der Waals surface area contributed by atoms with Gasteiger partial charge >= 0.3 is 0 Å². The fraction of sp³-hybridized carbons (Fsp3) is 0.267. The summed E-state index contributed by atoms with van der Waals surface area (Å²) >= 11 is 0. The number of para-hydroxylation sites is 1. The Bertz CT molecular complexity index is 1570. The first-order valence-electron chi connectivity index (χ1n) is 11.9. The van der Waals surface area contributed by atoms with E-state index < -0.39 is 0 Å². The van der Waals surface area contributed by atoms with Gasteiger partial charge in [0.2, 0.25) is 0 Å². The fourth-order valence-corrected chi connectivity index (χ4v) is 5.10. The SMILES string of the molecule is Cc1ccc2c(oc3cccc(C#N)c32)c1-c1n(-c2c(C(C)C)cccc2C(C)C)cc[n+]1C. The molecule has 170 valence electrons. The first kappa shape index (κ1) is 22.0. The van der Waals surface area contributed by atoms with Crippen molar-refractivity contribution < 1.29 is 8.98 Å². The molecule has 0 saturated heterocycles. The maximum atomic E-state index is 9.72. The minimum Gasteiger partial charge on any atom is -0.455 e. The average Bonchev–Trinajstić information content (AvgIpc) is 3.38. The lowest BCUT2D eigenvalue weighted by molar-refractivity contribution is -0.659. The molecule has 0 amide bonds. The number of hydrogen-bond acceptors (Lipinski definition) is 2. The third kappa shape index (κ3) is 3.23. The average molecular weight is 449 g/mol. The van der Waals surface area contributed by atoms with Gasteiger partial charge in [0.15, 0.2) is 5.58 Å². The lowest BCUT2D eigenvalue weighted by atomic mass is 9.92. The highest BCUT2D eigenvalue weighted by atomic mass is 16.3. The zero-order chi connectivity index (χ0) is 24.1. The molecule has 0 bridgehead atoms. The monoisotopic (exact) mass is 448 g/mol. The quantitative estimate of drug-likeness (QED) is 0.271. The fourth-order valence-electron chi connectivity index (χ4n) is 5.10. The minimum absolute atomic E-state index is 0.385. The first-order valence-corrected chi connectivity index (χ1v) is 11.9. The topological polar surface area (TPSA) is 45.7 Å². The molecule has 2 heterocycles. The zero-order valence-electron chi connectivity index (χ0n) is 20.7. The van der Waals surface area contributed by atoms with Gasteiger partial charge in [0.1, 0.15) is 29.2 Å². The van der Waals surface area contributed by atoms with Crippen LogP contribution < -0.4 is 4.57 Å². The molecule has 0 atom stereocenters. The number of fused-ring (bicyclic) bond motifs is 3. The lowest BCUT2D eigenvalue weighted by Crippen LogP contribution is -2.29. The van der Waals surface area contributed by atoms with Crippen molar-refractivity contribution in [1.29, 1.82) is 5.26 Å². The van der Waals surface area contributed by atoms with Gasteiger partial charge in [-0.3, -0.25) is 0 Å². The molecule has 5 rings (SSSR count). The Labute approximate surface area is 200 Å². The summed E-state index contributed by atoms with van der Waals surface area (Å²) in [4.78, 5) is 0. The Morgan fingerprint density at radius 2 is 1.62 bits per heavy atom. The van der Waals surface area contributed by atoms with Gasteiger partial charge in [-0.15, -0.1) is 0 Å². The molecule has 0 radical (unpaired) electrons. The molecular formula is C30H30N3O+. The van der Waals surface area contributed by atoms with E-state index in [4.69, 9.17) is 4.42 Å². The van der Waals surface area contributed by atoms with Crippen LogP contribution in [0, 0.1) is 18.3 Å². The number of aryl methyl sites for hydroxylation is 2. The summed E-state index contributed by atoms with van der Waals surface area (Å²) in [5.74, 6) is 1.83. The van der Waals surface area contributed by atoms with Crippen molar-refractivity contribution in [2.75, 3.05) is 0 Å². The summed E-state index contributed by atoms with van der Waals surface area (Å²) in [7, 11) is 2.08. The third-order valence-corrected chi connectivity index (χ3v) is 6.80. The molecule has 3 aromatic carbocycles. The highest BCUT2D eigenvalue weighted by Crippen LogP contribution is 2.40. The molecule has 0 saturated carbocycles. The summed E-state index contributed by atoms with van der Waals surface area (Å²) in [5.41, 5.74) is 8.28. The van der Waals surface area contributed by atoms with Crippen LogP contribution in [0.3, 0.4) is 0 Å². The van der Waals surface area contributed by atoms with Gasteiger partial charge in [0.05, 0.1) is 18.7 Å². The van der Waals surface area contributed by atoms with Gasteiger partial charge in [0, 0.05) is 21.9 Å². The van der Waals surface area contributed by atoms with Crippen LogP contribution in [0.4, 0.5) is 0 Å². The van der Waals surface area contributed by atoms with Crippen LogP contribution in [0.5, 0.6) is 0 Å². The predicted molar refractivity (Wildman–Crippen MR) is 137 cm³/mol. The third-order valence-electron chi connectivity index (χ3n) is 6.80. The van der Waals surface area contributed by atoms with Gasteiger partial charge in [0.25, 0.3) is 5.82 Å². The van der Waals surface area contributed by atoms with Gasteiger partial charge < -0.3 is 4.42 Å². The molecule has 0 aliphatic rings. The second-order valence-electron chi connectivity index (χ2n) is 9.72. The second kappa shape index (κ2) is 8.18. The van der Waals surface area contributed by atoms with Crippen LogP contribution in [-0.2, 0) is 7.05 Å². The van der Waals surface area contributed by atoms with Crippen LogP contribution in [-0.4, -0.2) is 4.57 Å². The molecular weight excluding hydrogens is 418 g/mol. The van der Waals surface area contributed by atoms with Crippen LogP contribution >= 0.6 is 0 Å². The Balaban J connectivity index is 1.91. The summed E-state index contributed by atoms with van der Waals surface area (Å²) in [6.45, 7) is 11.1.